The first-order valence-electron chi connectivity index (χ1n) is 4.23. The zero-order valence-electron chi connectivity index (χ0n) is 7.93. The minimum absolute atomic E-state index is 0.0735. The van der Waals surface area contributed by atoms with Crippen molar-refractivity contribution in [3.05, 3.63) is 28.7 Å². The molecule has 0 atom stereocenters. The molecule has 0 saturated carbocycles. The Hall–Kier alpha value is -2.29. The van der Waals surface area contributed by atoms with E-state index >= 15 is 0 Å². The summed E-state index contributed by atoms with van der Waals surface area (Å²) >= 11 is 0. The normalized spacial score (nSPS) is 9.27. The first-order valence-corrected chi connectivity index (χ1v) is 4.23. The Labute approximate surface area is 85.9 Å². The van der Waals surface area contributed by atoms with Gasteiger partial charge < -0.3 is 15.6 Å². The number of carbonyl (C=O) groups is 1. The summed E-state index contributed by atoms with van der Waals surface area (Å²) in [5.41, 5.74) is 5.06. The van der Waals surface area contributed by atoms with Crippen LogP contribution in [0.1, 0.15) is 0 Å². The van der Waals surface area contributed by atoms with Gasteiger partial charge in [0.15, 0.2) is 0 Å². The monoisotopic (exact) mass is 206 g/mol. The third-order valence-corrected chi connectivity index (χ3v) is 1.73. The molecule has 78 valence electrons. The molecule has 0 aromatic carbocycles. The Morgan fingerprint density at radius 2 is 2.40 bits per heavy atom. The van der Waals surface area contributed by atoms with Crippen molar-refractivity contribution < 1.29 is 4.79 Å². The fraction of sp³-hybridized carbons (Fsp3) is 0.222. The van der Waals surface area contributed by atoms with Gasteiger partial charge in [-0.1, -0.05) is 0 Å². The van der Waals surface area contributed by atoms with Gasteiger partial charge in [-0.25, -0.2) is 0 Å². The molecule has 1 aromatic rings. The van der Waals surface area contributed by atoms with Gasteiger partial charge in [-0.15, -0.1) is 0 Å². The maximum absolute atomic E-state index is 11.4. The Bertz CT molecular complexity index is 458. The molecule has 0 aliphatic rings. The van der Waals surface area contributed by atoms with E-state index in [1.54, 1.807) is 12.1 Å². The Balaban J connectivity index is 2.74. The summed E-state index contributed by atoms with van der Waals surface area (Å²) in [6.45, 7) is -0.207. The number of nitrogens with two attached hydrogens (primary N) is 1. The van der Waals surface area contributed by atoms with Crippen LogP contribution in [0.4, 0.5) is 5.69 Å². The summed E-state index contributed by atoms with van der Waals surface area (Å²) in [5.74, 6) is -0.399. The van der Waals surface area contributed by atoms with Crippen LogP contribution >= 0.6 is 0 Å². The van der Waals surface area contributed by atoms with Gasteiger partial charge in [0.1, 0.15) is 13.1 Å². The maximum Gasteiger partial charge on any atom is 0.274 e. The topological polar surface area (TPSA) is 101 Å². The van der Waals surface area contributed by atoms with E-state index < -0.39 is 11.5 Å². The first-order chi connectivity index (χ1) is 7.15. The molecule has 6 nitrogen and oxygen atoms in total. The SMILES string of the molecule is N#CCNC(=O)Cn1cccc(N)c1=O. The summed E-state index contributed by atoms with van der Waals surface area (Å²) in [5, 5.41) is 10.6. The number of nitrogen functional groups attached to an aromatic ring is 1. The van der Waals surface area contributed by atoms with Gasteiger partial charge in [-0.05, 0) is 12.1 Å². The lowest BCUT2D eigenvalue weighted by molar-refractivity contribution is -0.121. The molecule has 6 heteroatoms. The van der Waals surface area contributed by atoms with Crippen molar-refractivity contribution in [2.24, 2.45) is 0 Å². The lowest BCUT2D eigenvalue weighted by atomic mass is 10.4. The first kappa shape index (κ1) is 10.8. The molecular formula is C9H10N4O2. The second-order valence-corrected chi connectivity index (χ2v) is 2.83. The number of nitrogens with one attached hydrogen (secondary N) is 1. The number of amides is 1. The van der Waals surface area contributed by atoms with Crippen molar-refractivity contribution in [1.29, 1.82) is 5.26 Å². The minimum atomic E-state index is -0.412. The van der Waals surface area contributed by atoms with E-state index in [0.717, 1.165) is 0 Å². The maximum atomic E-state index is 11.4. The van der Waals surface area contributed by atoms with Crippen LogP contribution in [0.2, 0.25) is 0 Å². The van der Waals surface area contributed by atoms with Gasteiger partial charge in [-0.3, -0.25) is 9.59 Å². The smallest absolute Gasteiger partial charge is 0.274 e. The molecule has 0 aliphatic carbocycles. The van der Waals surface area contributed by atoms with E-state index in [9.17, 15) is 9.59 Å². The number of nitrogens with zero attached hydrogens (tertiary/aromatic N) is 2. The highest BCUT2D eigenvalue weighted by Gasteiger charge is 2.04. The zero-order valence-corrected chi connectivity index (χ0v) is 7.93. The highest BCUT2D eigenvalue weighted by Crippen LogP contribution is 1.91. The highest BCUT2D eigenvalue weighted by atomic mass is 16.2. The molecule has 0 spiro atoms. The van der Waals surface area contributed by atoms with Gasteiger partial charge in [0, 0.05) is 6.20 Å². The van der Waals surface area contributed by atoms with Crippen LogP contribution in [0.5, 0.6) is 0 Å². The van der Waals surface area contributed by atoms with Crippen LogP contribution in [0.15, 0.2) is 23.1 Å². The fourth-order valence-corrected chi connectivity index (χ4v) is 1.03. The second-order valence-electron chi connectivity index (χ2n) is 2.83. The van der Waals surface area contributed by atoms with E-state index in [2.05, 4.69) is 5.32 Å². The summed E-state index contributed by atoms with van der Waals surface area (Å²) in [7, 11) is 0. The third-order valence-electron chi connectivity index (χ3n) is 1.73. The average Bonchev–Trinajstić information content (AvgIpc) is 2.22. The van der Waals surface area contributed by atoms with Crippen LogP contribution in [0, 0.1) is 11.3 Å². The highest BCUT2D eigenvalue weighted by molar-refractivity contribution is 5.75. The Morgan fingerprint density at radius 1 is 1.67 bits per heavy atom. The van der Waals surface area contributed by atoms with Crippen LogP contribution in [-0.2, 0) is 11.3 Å². The van der Waals surface area contributed by atoms with Crippen LogP contribution in [0.25, 0.3) is 0 Å². The molecule has 0 fully saturated rings. The van der Waals surface area contributed by atoms with E-state index in [0.29, 0.717) is 0 Å². The summed E-state index contributed by atoms with van der Waals surface area (Å²) < 4.78 is 1.18. The number of hydrogen-bond donors (Lipinski definition) is 2. The molecule has 0 bridgehead atoms. The number of hydrogen-bond acceptors (Lipinski definition) is 4. The van der Waals surface area contributed by atoms with E-state index in [4.69, 9.17) is 11.0 Å². The van der Waals surface area contributed by atoms with Crippen molar-refractivity contribution in [3.8, 4) is 6.07 Å². The Morgan fingerprint density at radius 3 is 3.07 bits per heavy atom. The van der Waals surface area contributed by atoms with Gasteiger partial charge in [-0.2, -0.15) is 5.26 Å². The molecule has 0 unspecified atom stereocenters. The quantitative estimate of drug-likeness (QED) is 0.624. The van der Waals surface area contributed by atoms with Crippen molar-refractivity contribution in [2.75, 3.05) is 12.3 Å². The fourth-order valence-electron chi connectivity index (χ4n) is 1.03. The standard InChI is InChI=1S/C9H10N4O2/c10-3-4-12-8(14)6-13-5-1-2-7(11)9(13)15/h1-2,5H,4,6,11H2,(H,12,14). The Kier molecular flexibility index (Phi) is 3.46. The zero-order chi connectivity index (χ0) is 11.3. The third kappa shape index (κ3) is 2.84. The summed E-state index contributed by atoms with van der Waals surface area (Å²) in [6, 6.07) is 4.81. The summed E-state index contributed by atoms with van der Waals surface area (Å²) in [4.78, 5) is 22.5. The van der Waals surface area contributed by atoms with Crippen LogP contribution in [0.3, 0.4) is 0 Å². The molecule has 0 saturated heterocycles. The molecule has 3 N–H and O–H groups in total. The lowest BCUT2D eigenvalue weighted by Gasteiger charge is -2.05. The van der Waals surface area contributed by atoms with E-state index in [1.165, 1.54) is 16.8 Å². The molecule has 1 amide bonds. The molecule has 1 rings (SSSR count). The minimum Gasteiger partial charge on any atom is -0.394 e. The molecule has 15 heavy (non-hydrogen) atoms. The van der Waals surface area contributed by atoms with Gasteiger partial charge in [0.25, 0.3) is 5.56 Å². The van der Waals surface area contributed by atoms with E-state index in [1.807, 2.05) is 0 Å². The van der Waals surface area contributed by atoms with Gasteiger partial charge in [0.2, 0.25) is 5.91 Å². The van der Waals surface area contributed by atoms with Crippen LogP contribution < -0.4 is 16.6 Å². The lowest BCUT2D eigenvalue weighted by Crippen LogP contribution is -2.32. The van der Waals surface area contributed by atoms with Gasteiger partial charge in [0.05, 0.1) is 11.8 Å². The van der Waals surface area contributed by atoms with Gasteiger partial charge >= 0.3 is 0 Å². The predicted octanol–water partition coefficient (Wildman–Crippen LogP) is -0.930. The molecular weight excluding hydrogens is 196 g/mol. The predicted molar refractivity (Wildman–Crippen MR) is 53.7 cm³/mol. The molecule has 0 radical (unpaired) electrons. The number of pyridine rings is 1. The number of rotatable bonds is 3. The molecule has 1 aromatic heterocycles. The van der Waals surface area contributed by atoms with Crippen molar-refractivity contribution in [2.45, 2.75) is 6.54 Å². The number of aromatic nitrogens is 1. The van der Waals surface area contributed by atoms with E-state index in [-0.39, 0.29) is 18.8 Å². The molecule has 1 heterocycles. The number of carbonyl (C=O) groups excluding carboxylic acids is 1. The summed E-state index contributed by atoms with van der Waals surface area (Å²) in [6.07, 6.45) is 1.46. The van der Waals surface area contributed by atoms with Crippen molar-refractivity contribution in [1.82, 2.24) is 9.88 Å². The average molecular weight is 206 g/mol. The molecule has 0 aliphatic heterocycles. The second kappa shape index (κ2) is 4.81. The van der Waals surface area contributed by atoms with Crippen molar-refractivity contribution in [3.63, 3.8) is 0 Å². The number of anilines is 1. The van der Waals surface area contributed by atoms with Crippen LogP contribution in [-0.4, -0.2) is 17.0 Å². The van der Waals surface area contributed by atoms with Crippen molar-refractivity contribution >= 4 is 11.6 Å². The number of nitriles is 1. The largest absolute Gasteiger partial charge is 0.394 e.